The van der Waals surface area contributed by atoms with Crippen LogP contribution in [0.3, 0.4) is 0 Å². The number of fused-ring (bicyclic) bond motifs is 1. The van der Waals surface area contributed by atoms with Crippen molar-refractivity contribution in [3.63, 3.8) is 0 Å². The van der Waals surface area contributed by atoms with Gasteiger partial charge < -0.3 is 18.8 Å². The van der Waals surface area contributed by atoms with Crippen LogP contribution in [0.15, 0.2) is 65.1 Å². The van der Waals surface area contributed by atoms with Gasteiger partial charge in [0.15, 0.2) is 28.0 Å². The standard InChI is InChI=1S/C25H24N2O4S/c1-2-29-19-8-4-5-9-20(19)30-17-13-15-27(16-14-17)25(28)22-12-11-21(31-22)24-26-18-7-3-6-10-23(18)32-24/h3-12,17H,2,13-16H2,1H3. The van der Waals surface area contributed by atoms with E-state index in [0.717, 1.165) is 39.6 Å². The number of thiazole rings is 1. The van der Waals surface area contributed by atoms with Crippen molar-refractivity contribution in [2.24, 2.45) is 0 Å². The highest BCUT2D eigenvalue weighted by atomic mass is 32.1. The van der Waals surface area contributed by atoms with Gasteiger partial charge in [0, 0.05) is 25.9 Å². The molecule has 0 saturated carbocycles. The molecule has 0 unspecified atom stereocenters. The van der Waals surface area contributed by atoms with Crippen LogP contribution in [0.25, 0.3) is 21.0 Å². The number of carbonyl (C=O) groups is 1. The van der Waals surface area contributed by atoms with Crippen molar-refractivity contribution in [2.75, 3.05) is 19.7 Å². The molecule has 1 saturated heterocycles. The number of amides is 1. The largest absolute Gasteiger partial charge is 0.490 e. The van der Waals surface area contributed by atoms with Crippen molar-refractivity contribution in [1.29, 1.82) is 0 Å². The van der Waals surface area contributed by atoms with E-state index < -0.39 is 0 Å². The highest BCUT2D eigenvalue weighted by Gasteiger charge is 2.27. The molecule has 1 amide bonds. The van der Waals surface area contributed by atoms with Crippen LogP contribution in [0.5, 0.6) is 11.5 Å². The molecule has 4 aromatic rings. The van der Waals surface area contributed by atoms with E-state index in [9.17, 15) is 4.79 Å². The number of para-hydroxylation sites is 3. The highest BCUT2D eigenvalue weighted by Crippen LogP contribution is 2.32. The van der Waals surface area contributed by atoms with E-state index in [1.54, 1.807) is 17.4 Å². The molecule has 0 N–H and O–H groups in total. The van der Waals surface area contributed by atoms with Crippen molar-refractivity contribution in [3.05, 3.63) is 66.4 Å². The van der Waals surface area contributed by atoms with Crippen LogP contribution in [-0.2, 0) is 0 Å². The van der Waals surface area contributed by atoms with Gasteiger partial charge in [0.25, 0.3) is 5.91 Å². The normalized spacial score (nSPS) is 14.6. The summed E-state index contributed by atoms with van der Waals surface area (Å²) in [7, 11) is 0. The number of benzene rings is 2. The van der Waals surface area contributed by atoms with E-state index in [-0.39, 0.29) is 12.0 Å². The quantitative estimate of drug-likeness (QED) is 0.382. The van der Waals surface area contributed by atoms with Gasteiger partial charge in [-0.3, -0.25) is 4.79 Å². The smallest absolute Gasteiger partial charge is 0.289 e. The number of piperidine rings is 1. The summed E-state index contributed by atoms with van der Waals surface area (Å²) in [5.74, 6) is 2.39. The number of likely N-dealkylation sites (tertiary alicyclic amines) is 1. The van der Waals surface area contributed by atoms with Gasteiger partial charge in [0.1, 0.15) is 6.10 Å². The zero-order valence-electron chi connectivity index (χ0n) is 17.8. The first-order chi connectivity index (χ1) is 15.7. The number of rotatable bonds is 6. The Hall–Kier alpha value is -3.32. The first-order valence-electron chi connectivity index (χ1n) is 10.8. The minimum absolute atomic E-state index is 0.0515. The molecule has 6 nitrogen and oxygen atoms in total. The summed E-state index contributed by atoms with van der Waals surface area (Å²) in [4.78, 5) is 19.4. The molecule has 0 aliphatic carbocycles. The molecular formula is C25H24N2O4S. The summed E-state index contributed by atoms with van der Waals surface area (Å²) in [5.41, 5.74) is 0.935. The lowest BCUT2D eigenvalue weighted by Crippen LogP contribution is -2.41. The molecular weight excluding hydrogens is 424 g/mol. The second-order valence-corrected chi connectivity index (χ2v) is 8.67. The molecule has 2 aromatic carbocycles. The van der Waals surface area contributed by atoms with E-state index >= 15 is 0 Å². The second kappa shape index (κ2) is 9.04. The molecule has 5 rings (SSSR count). The van der Waals surface area contributed by atoms with Gasteiger partial charge in [0.05, 0.1) is 16.8 Å². The van der Waals surface area contributed by atoms with Crippen LogP contribution in [0.2, 0.25) is 0 Å². The third-order valence-electron chi connectivity index (χ3n) is 5.49. The maximum absolute atomic E-state index is 13.0. The number of hydrogen-bond donors (Lipinski definition) is 0. The zero-order chi connectivity index (χ0) is 21.9. The van der Waals surface area contributed by atoms with Gasteiger partial charge in [-0.25, -0.2) is 4.98 Å². The molecule has 0 bridgehead atoms. The number of furan rings is 1. The average Bonchev–Trinajstić information content (AvgIpc) is 3.48. The number of hydrogen-bond acceptors (Lipinski definition) is 6. The number of nitrogens with zero attached hydrogens (tertiary/aromatic N) is 2. The summed E-state index contributed by atoms with van der Waals surface area (Å²) in [6, 6.07) is 19.2. The SMILES string of the molecule is CCOc1ccccc1OC1CCN(C(=O)c2ccc(-c3nc4ccccc4s3)o2)CC1. The van der Waals surface area contributed by atoms with Crippen molar-refractivity contribution in [3.8, 4) is 22.3 Å². The van der Waals surface area contributed by atoms with Gasteiger partial charge in [-0.1, -0.05) is 24.3 Å². The Balaban J connectivity index is 1.22. The van der Waals surface area contributed by atoms with E-state index in [4.69, 9.17) is 13.9 Å². The fourth-order valence-corrected chi connectivity index (χ4v) is 4.81. The van der Waals surface area contributed by atoms with E-state index in [1.807, 2.05) is 66.4 Å². The maximum atomic E-state index is 13.0. The Kier molecular flexibility index (Phi) is 5.81. The van der Waals surface area contributed by atoms with Crippen molar-refractivity contribution in [1.82, 2.24) is 9.88 Å². The molecule has 0 spiro atoms. The Morgan fingerprint density at radius 2 is 1.81 bits per heavy atom. The molecule has 3 heterocycles. The van der Waals surface area contributed by atoms with Crippen molar-refractivity contribution < 1.29 is 18.7 Å². The van der Waals surface area contributed by atoms with Gasteiger partial charge >= 0.3 is 0 Å². The van der Waals surface area contributed by atoms with E-state index in [1.165, 1.54) is 0 Å². The molecule has 1 aliphatic rings. The van der Waals surface area contributed by atoms with Crippen LogP contribution >= 0.6 is 11.3 Å². The van der Waals surface area contributed by atoms with E-state index in [2.05, 4.69) is 4.98 Å². The summed E-state index contributed by atoms with van der Waals surface area (Å²) in [6.07, 6.45) is 1.57. The number of ether oxygens (including phenoxy) is 2. The molecule has 0 radical (unpaired) electrons. The molecule has 1 fully saturated rings. The van der Waals surface area contributed by atoms with Crippen LogP contribution in [0.1, 0.15) is 30.3 Å². The summed E-state index contributed by atoms with van der Waals surface area (Å²) in [6.45, 7) is 3.79. The lowest BCUT2D eigenvalue weighted by molar-refractivity contribution is 0.0562. The second-order valence-electron chi connectivity index (χ2n) is 7.64. The Bertz CT molecular complexity index is 1190. The maximum Gasteiger partial charge on any atom is 0.289 e. The summed E-state index contributed by atoms with van der Waals surface area (Å²) >= 11 is 1.56. The fourth-order valence-electron chi connectivity index (χ4n) is 3.88. The molecule has 1 aliphatic heterocycles. The lowest BCUT2D eigenvalue weighted by atomic mass is 10.1. The van der Waals surface area contributed by atoms with Gasteiger partial charge in [0.2, 0.25) is 0 Å². The molecule has 2 aromatic heterocycles. The van der Waals surface area contributed by atoms with Crippen molar-refractivity contribution >= 4 is 27.5 Å². The number of aromatic nitrogens is 1. The van der Waals surface area contributed by atoms with Gasteiger partial charge in [-0.05, 0) is 43.3 Å². The van der Waals surface area contributed by atoms with Crippen LogP contribution in [0.4, 0.5) is 0 Å². The number of carbonyl (C=O) groups excluding carboxylic acids is 1. The Labute approximate surface area is 190 Å². The van der Waals surface area contributed by atoms with Crippen LogP contribution in [-0.4, -0.2) is 41.6 Å². The Morgan fingerprint density at radius 1 is 1.06 bits per heavy atom. The van der Waals surface area contributed by atoms with Crippen LogP contribution in [0, 0.1) is 0 Å². The topological polar surface area (TPSA) is 64.8 Å². The predicted molar refractivity (Wildman–Crippen MR) is 124 cm³/mol. The highest BCUT2D eigenvalue weighted by molar-refractivity contribution is 7.21. The zero-order valence-corrected chi connectivity index (χ0v) is 18.6. The fraction of sp³-hybridized carbons (Fsp3) is 0.280. The summed E-state index contributed by atoms with van der Waals surface area (Å²) in [5, 5.41) is 0.783. The van der Waals surface area contributed by atoms with Crippen LogP contribution < -0.4 is 9.47 Å². The molecule has 0 atom stereocenters. The monoisotopic (exact) mass is 448 g/mol. The molecule has 32 heavy (non-hydrogen) atoms. The predicted octanol–water partition coefficient (Wildman–Crippen LogP) is 5.64. The minimum Gasteiger partial charge on any atom is -0.490 e. The van der Waals surface area contributed by atoms with Crippen molar-refractivity contribution in [2.45, 2.75) is 25.9 Å². The third kappa shape index (κ3) is 4.21. The lowest BCUT2D eigenvalue weighted by Gasteiger charge is -2.32. The Morgan fingerprint density at radius 3 is 2.59 bits per heavy atom. The minimum atomic E-state index is -0.0921. The average molecular weight is 449 g/mol. The third-order valence-corrected chi connectivity index (χ3v) is 6.54. The van der Waals surface area contributed by atoms with E-state index in [0.29, 0.717) is 31.2 Å². The molecule has 164 valence electrons. The first kappa shape index (κ1) is 20.6. The van der Waals surface area contributed by atoms with Gasteiger partial charge in [-0.15, -0.1) is 11.3 Å². The van der Waals surface area contributed by atoms with Gasteiger partial charge in [-0.2, -0.15) is 0 Å². The molecule has 7 heteroatoms. The summed E-state index contributed by atoms with van der Waals surface area (Å²) < 4.78 is 18.8. The first-order valence-corrected chi connectivity index (χ1v) is 11.7.